The maximum absolute atomic E-state index is 12.6. The molecule has 0 amide bonds. The van der Waals surface area contributed by atoms with Crippen LogP contribution in [0.25, 0.3) is 11.0 Å². The van der Waals surface area contributed by atoms with Crippen molar-refractivity contribution in [1.29, 1.82) is 0 Å². The average molecular weight is 680 g/mol. The van der Waals surface area contributed by atoms with Crippen LogP contribution in [-0.2, 0) is 16.4 Å². The number of likely N-dealkylation sites (tertiary alicyclic amines) is 1. The van der Waals surface area contributed by atoms with Crippen LogP contribution in [0, 0.1) is 0 Å². The van der Waals surface area contributed by atoms with E-state index in [9.17, 15) is 8.42 Å². The summed E-state index contributed by atoms with van der Waals surface area (Å²) in [6.07, 6.45) is 12.6. The minimum atomic E-state index is -3.63. The van der Waals surface area contributed by atoms with Gasteiger partial charge in [-0.3, -0.25) is 14.3 Å². The maximum atomic E-state index is 12.6. The van der Waals surface area contributed by atoms with Crippen LogP contribution in [0.5, 0.6) is 5.75 Å². The largest absolute Gasteiger partial charge is 0.494 e. The molecule has 2 aliphatic heterocycles. The summed E-state index contributed by atoms with van der Waals surface area (Å²) < 4.78 is 32.3. The van der Waals surface area contributed by atoms with E-state index in [1.807, 2.05) is 0 Å². The molecule has 2 saturated heterocycles. The molecule has 250 valence electrons. The van der Waals surface area contributed by atoms with Gasteiger partial charge in [-0.25, -0.2) is 13.4 Å². The number of nitrogens with one attached hydrogen (secondary N) is 2. The lowest BCUT2D eigenvalue weighted by Gasteiger charge is -2.38. The highest BCUT2D eigenvalue weighted by Crippen LogP contribution is 2.39. The molecule has 0 saturated carbocycles. The Kier molecular flexibility index (Phi) is 9.85. The summed E-state index contributed by atoms with van der Waals surface area (Å²) in [5.41, 5.74) is 4.95. The van der Waals surface area contributed by atoms with Gasteiger partial charge in [-0.15, -0.1) is 0 Å². The molecule has 47 heavy (non-hydrogen) atoms. The van der Waals surface area contributed by atoms with Gasteiger partial charge >= 0.3 is 0 Å². The molecule has 0 aliphatic carbocycles. The third kappa shape index (κ3) is 7.16. The van der Waals surface area contributed by atoms with Crippen molar-refractivity contribution in [3.63, 3.8) is 0 Å². The van der Waals surface area contributed by atoms with Gasteiger partial charge in [-0.2, -0.15) is 4.98 Å². The molecule has 2 aromatic heterocycles. The lowest BCUT2D eigenvalue weighted by Crippen LogP contribution is -2.44. The van der Waals surface area contributed by atoms with Crippen LogP contribution in [-0.4, -0.2) is 85.9 Å². The second-order valence-electron chi connectivity index (χ2n) is 12.1. The van der Waals surface area contributed by atoms with E-state index in [1.165, 1.54) is 69.5 Å². The van der Waals surface area contributed by atoms with Crippen molar-refractivity contribution in [3.05, 3.63) is 53.4 Å². The molecule has 0 spiro atoms. The van der Waals surface area contributed by atoms with Crippen molar-refractivity contribution < 1.29 is 13.2 Å². The first-order valence-corrected chi connectivity index (χ1v) is 18.3. The number of halogens is 1. The van der Waals surface area contributed by atoms with Crippen molar-refractivity contribution in [1.82, 2.24) is 24.8 Å². The highest BCUT2D eigenvalue weighted by molar-refractivity contribution is 7.92. The first-order valence-electron chi connectivity index (χ1n) is 16.1. The zero-order valence-corrected chi connectivity index (χ0v) is 28.9. The molecule has 2 aromatic carbocycles. The van der Waals surface area contributed by atoms with Crippen LogP contribution >= 0.6 is 11.6 Å². The van der Waals surface area contributed by atoms with E-state index in [0.717, 1.165) is 42.2 Å². The Labute approximate surface area is 281 Å². The van der Waals surface area contributed by atoms with Crippen molar-refractivity contribution in [3.8, 4) is 5.75 Å². The average Bonchev–Trinajstić information content (AvgIpc) is 3.61. The van der Waals surface area contributed by atoms with Gasteiger partial charge in [-0.1, -0.05) is 24.9 Å². The Hall–Kier alpha value is -3.94. The third-order valence-electron chi connectivity index (χ3n) is 9.05. The first-order chi connectivity index (χ1) is 22.7. The van der Waals surface area contributed by atoms with E-state index >= 15 is 0 Å². The van der Waals surface area contributed by atoms with Crippen LogP contribution in [0.3, 0.4) is 0 Å². The standard InChI is InChI=1S/C33H42ClN9O3S/c1-5-8-22-19-27(29(46-3)20-28(22)43-17-11-23(12-18-43)42-15-6-7-16-42)39-33-37-21-24(34)32(40-33)38-26-10-9-25-30(36-14-13-35-25)31(26)41(2)47(4,44)45/h9-10,13-14,19-21,23H,5-8,11-12,15-18H2,1-4H3,(H2,37,38,39,40). The second-order valence-corrected chi connectivity index (χ2v) is 14.6. The molecule has 4 aromatic rings. The Morgan fingerprint density at radius 2 is 1.77 bits per heavy atom. The molecular formula is C33H42ClN9O3S. The predicted octanol–water partition coefficient (Wildman–Crippen LogP) is 5.98. The molecule has 2 N–H and O–H groups in total. The summed E-state index contributed by atoms with van der Waals surface area (Å²) in [5.74, 6) is 1.29. The normalized spacial score (nSPS) is 16.1. The molecule has 0 atom stereocenters. The topological polar surface area (TPSA) is 129 Å². The van der Waals surface area contributed by atoms with E-state index in [0.29, 0.717) is 46.0 Å². The van der Waals surface area contributed by atoms with Crippen LogP contribution in [0.4, 0.5) is 34.5 Å². The summed E-state index contributed by atoms with van der Waals surface area (Å²) in [6.45, 7) is 6.72. The van der Waals surface area contributed by atoms with Gasteiger partial charge in [0.15, 0.2) is 5.82 Å². The molecule has 6 rings (SSSR count). The van der Waals surface area contributed by atoms with Gasteiger partial charge in [-0.05, 0) is 69.0 Å². The number of anilines is 6. The minimum Gasteiger partial charge on any atom is -0.494 e. The highest BCUT2D eigenvalue weighted by Gasteiger charge is 2.28. The first kappa shape index (κ1) is 33.0. The summed E-state index contributed by atoms with van der Waals surface area (Å²) in [6, 6.07) is 8.43. The molecule has 2 fully saturated rings. The number of hydrogen-bond acceptors (Lipinski definition) is 11. The van der Waals surface area contributed by atoms with E-state index in [1.54, 1.807) is 25.4 Å². The molecule has 0 unspecified atom stereocenters. The van der Waals surface area contributed by atoms with Crippen molar-refractivity contribution in [2.24, 2.45) is 0 Å². The van der Waals surface area contributed by atoms with Crippen LogP contribution < -0.4 is 24.6 Å². The lowest BCUT2D eigenvalue weighted by molar-refractivity contribution is 0.208. The van der Waals surface area contributed by atoms with Gasteiger partial charge < -0.3 is 25.2 Å². The molecule has 14 heteroatoms. The number of aryl methyl sites for hydroxylation is 1. The fraction of sp³-hybridized carbons (Fsp3) is 0.455. The lowest BCUT2D eigenvalue weighted by atomic mass is 9.99. The fourth-order valence-electron chi connectivity index (χ4n) is 6.59. The Balaban J connectivity index is 1.28. The number of hydrogen-bond donors (Lipinski definition) is 2. The predicted molar refractivity (Wildman–Crippen MR) is 189 cm³/mol. The van der Waals surface area contributed by atoms with Crippen LogP contribution in [0.1, 0.15) is 44.6 Å². The monoisotopic (exact) mass is 679 g/mol. The molecule has 0 radical (unpaired) electrons. The van der Waals surface area contributed by atoms with Gasteiger partial charge in [0.1, 0.15) is 22.0 Å². The number of benzene rings is 2. The number of rotatable bonds is 11. The van der Waals surface area contributed by atoms with Crippen LogP contribution in [0.15, 0.2) is 42.9 Å². The van der Waals surface area contributed by atoms with Crippen molar-refractivity contribution in [2.45, 2.75) is 51.5 Å². The quantitative estimate of drug-likeness (QED) is 0.194. The summed E-state index contributed by atoms with van der Waals surface area (Å²) >= 11 is 6.56. The van der Waals surface area contributed by atoms with Crippen molar-refractivity contribution in [2.75, 3.05) is 66.4 Å². The second kappa shape index (κ2) is 14.0. The summed E-state index contributed by atoms with van der Waals surface area (Å²) in [7, 11) is -0.490. The number of nitrogens with zero attached hydrogens (tertiary/aromatic N) is 7. The Bertz CT molecular complexity index is 1850. The van der Waals surface area contributed by atoms with E-state index < -0.39 is 10.0 Å². The summed E-state index contributed by atoms with van der Waals surface area (Å²) in [4.78, 5) is 23.0. The zero-order chi connectivity index (χ0) is 33.1. The number of aromatic nitrogens is 4. The smallest absolute Gasteiger partial charge is 0.232 e. The molecule has 2 aliphatic rings. The Morgan fingerprint density at radius 3 is 2.47 bits per heavy atom. The molecule has 12 nitrogen and oxygen atoms in total. The number of ether oxygens (including phenoxy) is 1. The van der Waals surface area contributed by atoms with Gasteiger partial charge in [0, 0.05) is 50.3 Å². The fourth-order valence-corrected chi connectivity index (χ4v) is 7.25. The minimum absolute atomic E-state index is 0.258. The van der Waals surface area contributed by atoms with E-state index in [4.69, 9.17) is 16.3 Å². The maximum Gasteiger partial charge on any atom is 0.232 e. The summed E-state index contributed by atoms with van der Waals surface area (Å²) in [5, 5.41) is 6.81. The van der Waals surface area contributed by atoms with Crippen LogP contribution in [0.2, 0.25) is 5.02 Å². The van der Waals surface area contributed by atoms with E-state index in [2.05, 4.69) is 59.4 Å². The van der Waals surface area contributed by atoms with Crippen molar-refractivity contribution >= 4 is 67.2 Å². The molecule has 4 heterocycles. The SMILES string of the molecule is CCCc1cc(Nc2ncc(Cl)c(Nc3ccc4nccnc4c3N(C)S(C)(=O)=O)n2)c(OC)cc1N1CCC(N2CCCC2)CC1. The number of methoxy groups -OCH3 is 1. The van der Waals surface area contributed by atoms with Gasteiger partial charge in [0.25, 0.3) is 0 Å². The Morgan fingerprint density at radius 1 is 1.02 bits per heavy atom. The molecule has 0 bridgehead atoms. The number of fused-ring (bicyclic) bond motifs is 1. The zero-order valence-electron chi connectivity index (χ0n) is 27.3. The number of sulfonamides is 1. The third-order valence-corrected chi connectivity index (χ3v) is 10.5. The van der Waals surface area contributed by atoms with E-state index in [-0.39, 0.29) is 5.02 Å². The molecular weight excluding hydrogens is 638 g/mol. The van der Waals surface area contributed by atoms with Gasteiger partial charge in [0.2, 0.25) is 16.0 Å². The highest BCUT2D eigenvalue weighted by atomic mass is 35.5. The number of piperidine rings is 1. The van der Waals surface area contributed by atoms with Gasteiger partial charge in [0.05, 0.1) is 36.5 Å².